The number of hydrogen-bond acceptors (Lipinski definition) is 4. The Labute approximate surface area is 228 Å². The van der Waals surface area contributed by atoms with Gasteiger partial charge in [-0.2, -0.15) is 0 Å². The van der Waals surface area contributed by atoms with Crippen LogP contribution in [0.5, 0.6) is 0 Å². The van der Waals surface area contributed by atoms with Gasteiger partial charge in [0, 0.05) is 11.8 Å². The molecule has 2 N–H and O–H groups in total. The van der Waals surface area contributed by atoms with E-state index in [1.807, 2.05) is 6.08 Å². The van der Waals surface area contributed by atoms with E-state index in [9.17, 15) is 24.6 Å². The Kier molecular flexibility index (Phi) is 6.16. The van der Waals surface area contributed by atoms with Crippen LogP contribution in [0.3, 0.4) is 0 Å². The molecule has 0 bridgehead atoms. The van der Waals surface area contributed by atoms with Gasteiger partial charge in [0.2, 0.25) is 0 Å². The summed E-state index contributed by atoms with van der Waals surface area (Å²) in [7, 11) is 0. The minimum absolute atomic E-state index is 0.0562. The molecule has 0 amide bonds. The molecule has 5 aliphatic carbocycles. The van der Waals surface area contributed by atoms with Gasteiger partial charge in [-0.15, -0.1) is 0 Å². The predicted octanol–water partition coefficient (Wildman–Crippen LogP) is 6.52. The quantitative estimate of drug-likeness (QED) is 0.431. The number of allylic oxidation sites excluding steroid dienone is 1. The van der Waals surface area contributed by atoms with Gasteiger partial charge in [-0.3, -0.25) is 9.59 Å². The van der Waals surface area contributed by atoms with Gasteiger partial charge >= 0.3 is 11.9 Å². The molecule has 0 radical (unpaired) electrons. The number of hydrogen-bond donors (Lipinski definition) is 2. The third-order valence-electron chi connectivity index (χ3n) is 13.3. The highest BCUT2D eigenvalue weighted by molar-refractivity contribution is 5.95. The van der Waals surface area contributed by atoms with E-state index >= 15 is 0 Å². The summed E-state index contributed by atoms with van der Waals surface area (Å²) in [5, 5.41) is 19.8. The molecule has 4 saturated carbocycles. The Hall–Kier alpha value is -1.69. The third-order valence-corrected chi connectivity index (χ3v) is 13.3. The Balaban J connectivity index is 1.66. The largest absolute Gasteiger partial charge is 0.481 e. The van der Waals surface area contributed by atoms with Gasteiger partial charge < -0.3 is 14.9 Å². The number of carboxylic acids is 2. The number of fused-ring (bicyclic) bond motifs is 7. The molecule has 0 aromatic heterocycles. The molecule has 9 atom stereocenters. The van der Waals surface area contributed by atoms with E-state index < -0.39 is 30.1 Å². The summed E-state index contributed by atoms with van der Waals surface area (Å²) in [4.78, 5) is 38.7. The molecule has 0 aliphatic heterocycles. The van der Waals surface area contributed by atoms with Crippen molar-refractivity contribution in [2.24, 2.45) is 50.2 Å². The van der Waals surface area contributed by atoms with Crippen LogP contribution in [0.1, 0.15) is 106 Å². The third kappa shape index (κ3) is 3.50. The van der Waals surface area contributed by atoms with Crippen LogP contribution in [0.25, 0.3) is 0 Å². The topological polar surface area (TPSA) is 101 Å². The van der Waals surface area contributed by atoms with Gasteiger partial charge in [-0.05, 0) is 97.4 Å². The van der Waals surface area contributed by atoms with Crippen molar-refractivity contribution in [3.8, 4) is 0 Å². The molecule has 6 heteroatoms. The van der Waals surface area contributed by atoms with Crippen molar-refractivity contribution in [3.63, 3.8) is 0 Å². The van der Waals surface area contributed by atoms with Crippen molar-refractivity contribution < 1.29 is 29.3 Å². The number of carboxylic acid groups (broad SMARTS) is 2. The number of ether oxygens (including phenoxy) is 1. The van der Waals surface area contributed by atoms with Crippen LogP contribution < -0.4 is 0 Å². The van der Waals surface area contributed by atoms with E-state index in [0.29, 0.717) is 12.3 Å². The maximum atomic E-state index is 14.4. The Bertz CT molecular complexity index is 1090. The van der Waals surface area contributed by atoms with Crippen molar-refractivity contribution in [3.05, 3.63) is 11.6 Å². The average molecular weight is 529 g/mol. The molecule has 4 fully saturated rings. The molecular formula is C32H48O6. The highest BCUT2D eigenvalue weighted by Gasteiger charge is 2.71. The summed E-state index contributed by atoms with van der Waals surface area (Å²) in [5.74, 6) is -1.70. The highest BCUT2D eigenvalue weighted by Crippen LogP contribution is 2.75. The van der Waals surface area contributed by atoms with Crippen LogP contribution in [0.15, 0.2) is 11.6 Å². The molecule has 6 nitrogen and oxygen atoms in total. The lowest BCUT2D eigenvalue weighted by atomic mass is 9.33. The van der Waals surface area contributed by atoms with Gasteiger partial charge in [-0.1, -0.05) is 53.5 Å². The Morgan fingerprint density at radius 3 is 2.21 bits per heavy atom. The van der Waals surface area contributed by atoms with Crippen LogP contribution in [-0.4, -0.2) is 40.6 Å². The first kappa shape index (κ1) is 27.9. The van der Waals surface area contributed by atoms with E-state index in [0.717, 1.165) is 50.5 Å². The SMILES string of the molecule is CC1(C)CCCC2(C)C1CCC1(C)C2C(=O)C=C2C3C(OCC(=O)O)C(C)(C(=O)O)CCC3(C)CCC21C. The van der Waals surface area contributed by atoms with E-state index in [1.54, 1.807) is 6.92 Å². The highest BCUT2D eigenvalue weighted by atomic mass is 16.5. The van der Waals surface area contributed by atoms with E-state index in [2.05, 4.69) is 41.5 Å². The Morgan fingerprint density at radius 2 is 1.58 bits per heavy atom. The maximum Gasteiger partial charge on any atom is 0.329 e. The van der Waals surface area contributed by atoms with Gasteiger partial charge in [-0.25, -0.2) is 4.79 Å². The van der Waals surface area contributed by atoms with Crippen molar-refractivity contribution in [1.82, 2.24) is 0 Å². The molecular weight excluding hydrogens is 480 g/mol. The molecule has 5 aliphatic rings. The number of ketones is 1. The van der Waals surface area contributed by atoms with Gasteiger partial charge in [0.25, 0.3) is 0 Å². The van der Waals surface area contributed by atoms with Crippen molar-refractivity contribution in [1.29, 1.82) is 0 Å². The van der Waals surface area contributed by atoms with Gasteiger partial charge in [0.05, 0.1) is 11.5 Å². The number of carbonyl (C=O) groups is 3. The molecule has 0 spiro atoms. The summed E-state index contributed by atoms with van der Waals surface area (Å²) in [6, 6.07) is 0. The van der Waals surface area contributed by atoms with Crippen LogP contribution in [0.4, 0.5) is 0 Å². The molecule has 212 valence electrons. The van der Waals surface area contributed by atoms with Gasteiger partial charge in [0.1, 0.15) is 6.61 Å². The minimum atomic E-state index is -1.21. The second-order valence-electron chi connectivity index (χ2n) is 15.6. The maximum absolute atomic E-state index is 14.4. The number of aliphatic carboxylic acids is 2. The predicted molar refractivity (Wildman–Crippen MR) is 144 cm³/mol. The van der Waals surface area contributed by atoms with Gasteiger partial charge in [0.15, 0.2) is 5.78 Å². The normalized spacial score (nSPS) is 49.6. The fourth-order valence-electron chi connectivity index (χ4n) is 11.0. The van der Waals surface area contributed by atoms with E-state index in [1.165, 1.54) is 6.42 Å². The Morgan fingerprint density at radius 1 is 0.921 bits per heavy atom. The molecule has 0 aromatic carbocycles. The van der Waals surface area contributed by atoms with Crippen LogP contribution in [0.2, 0.25) is 0 Å². The second-order valence-corrected chi connectivity index (χ2v) is 15.6. The minimum Gasteiger partial charge on any atom is -0.481 e. The van der Waals surface area contributed by atoms with Crippen LogP contribution in [0, 0.1) is 50.2 Å². The summed E-state index contributed by atoms with van der Waals surface area (Å²) in [6.07, 6.45) is 9.70. The zero-order chi connectivity index (χ0) is 28.1. The summed E-state index contributed by atoms with van der Waals surface area (Å²) in [6.45, 7) is 15.2. The lowest BCUT2D eigenvalue weighted by Crippen LogP contribution is -2.67. The second kappa shape index (κ2) is 8.41. The average Bonchev–Trinajstić information content (AvgIpc) is 2.79. The lowest BCUT2D eigenvalue weighted by Gasteiger charge is -2.70. The van der Waals surface area contributed by atoms with Crippen molar-refractivity contribution in [2.75, 3.05) is 6.61 Å². The first-order valence-electron chi connectivity index (χ1n) is 14.8. The fourth-order valence-corrected chi connectivity index (χ4v) is 11.0. The fraction of sp³-hybridized carbons (Fsp3) is 0.844. The van der Waals surface area contributed by atoms with E-state index in [4.69, 9.17) is 4.74 Å². The summed E-state index contributed by atoms with van der Waals surface area (Å²) in [5.41, 5.74) is -0.756. The first-order valence-corrected chi connectivity index (χ1v) is 14.8. The standard InChI is InChI=1S/C32H48O6/c1-27(2)10-8-11-29(4)21(27)9-12-32(7)24(29)20(33)17-19-23-25(38-18-22(34)35)30(5,26(36)37)15-13-28(23,3)14-16-31(19,32)6/h17,21,23-25H,8-16,18H2,1-7H3,(H,34,35)(H,36,37). The zero-order valence-electron chi connectivity index (χ0n) is 24.5. The zero-order valence-corrected chi connectivity index (χ0v) is 24.5. The number of rotatable bonds is 4. The summed E-state index contributed by atoms with van der Waals surface area (Å²) >= 11 is 0. The smallest absolute Gasteiger partial charge is 0.329 e. The molecule has 9 unspecified atom stereocenters. The lowest BCUT2D eigenvalue weighted by molar-refractivity contribution is -0.203. The van der Waals surface area contributed by atoms with Crippen LogP contribution >= 0.6 is 0 Å². The molecule has 0 saturated heterocycles. The van der Waals surface area contributed by atoms with Crippen LogP contribution in [-0.2, 0) is 19.1 Å². The molecule has 0 aromatic rings. The monoisotopic (exact) mass is 528 g/mol. The van der Waals surface area contributed by atoms with E-state index in [-0.39, 0.29) is 44.7 Å². The van der Waals surface area contributed by atoms with Crippen molar-refractivity contribution in [2.45, 2.75) is 112 Å². The molecule has 0 heterocycles. The first-order chi connectivity index (χ1) is 17.5. The number of carbonyl (C=O) groups excluding carboxylic acids is 1. The molecule has 5 rings (SSSR count). The van der Waals surface area contributed by atoms with Crippen molar-refractivity contribution >= 4 is 17.7 Å². The summed E-state index contributed by atoms with van der Waals surface area (Å²) < 4.78 is 6.05. The molecule has 38 heavy (non-hydrogen) atoms.